The number of rotatable bonds is 27. The molecule has 0 bridgehead atoms. The van der Waals surface area contributed by atoms with Crippen molar-refractivity contribution in [2.24, 2.45) is 29.0 Å². The van der Waals surface area contributed by atoms with Crippen LogP contribution in [0, 0.1) is 63.1 Å². The summed E-state index contributed by atoms with van der Waals surface area (Å²) in [6, 6.07) is 90.6. The molecule has 2 saturated carbocycles. The number of carboxylic acids is 1. The first-order chi connectivity index (χ1) is 67.0. The first-order valence-electron chi connectivity index (χ1n) is 44.8. The van der Waals surface area contributed by atoms with Gasteiger partial charge >= 0.3 is 62.1 Å². The van der Waals surface area contributed by atoms with Gasteiger partial charge in [0.15, 0.2) is 22.9 Å². The van der Waals surface area contributed by atoms with Crippen LogP contribution in [-0.2, 0) is 19.1 Å². The van der Waals surface area contributed by atoms with Crippen LogP contribution in [0.15, 0.2) is 285 Å². The zero-order valence-corrected chi connectivity index (χ0v) is 90.8. The smallest absolute Gasteiger partial charge is 2.00 e. The topological polar surface area (TPSA) is 358 Å². The van der Waals surface area contributed by atoms with Crippen LogP contribution in [0.25, 0.3) is 26.8 Å². The van der Waals surface area contributed by atoms with Crippen LogP contribution in [0.2, 0.25) is 59.4 Å². The number of carboxylic acid groups (broad SMARTS) is 1. The van der Waals surface area contributed by atoms with Gasteiger partial charge < -0.3 is 75.4 Å². The molecule has 1 amide bonds. The molecule has 0 spiro atoms. The van der Waals surface area contributed by atoms with Crippen molar-refractivity contribution < 1.29 is 64.1 Å². The van der Waals surface area contributed by atoms with Crippen molar-refractivity contribution in [2.75, 3.05) is 54.6 Å². The summed E-state index contributed by atoms with van der Waals surface area (Å²) in [5.41, 5.74) is 36.9. The minimum absolute atomic E-state index is 0. The van der Waals surface area contributed by atoms with Crippen molar-refractivity contribution in [3.8, 4) is 23.1 Å². The number of hydrogen-bond acceptors (Lipinski definition) is 17. The summed E-state index contributed by atoms with van der Waals surface area (Å²) in [7, 11) is 6.83. The van der Waals surface area contributed by atoms with Gasteiger partial charge in [0.05, 0.1) is 65.0 Å². The zero-order chi connectivity index (χ0) is 102. The fourth-order valence-corrected chi connectivity index (χ4v) is 24.8. The van der Waals surface area contributed by atoms with Crippen LogP contribution < -0.4 is 60.1 Å². The number of ketones is 1. The summed E-state index contributed by atoms with van der Waals surface area (Å²) in [6.45, 7) is 39.4. The summed E-state index contributed by atoms with van der Waals surface area (Å²) in [4.78, 5) is 54.5. The molecule has 14 aromatic rings. The molecule has 0 saturated heterocycles. The number of aryl methyl sites for hydroxylation is 3. The van der Waals surface area contributed by atoms with E-state index in [1.807, 2.05) is 73.7 Å². The van der Waals surface area contributed by atoms with E-state index >= 15 is 0 Å². The molecule has 740 valence electrons. The fraction of sp³-hybridized carbons (Fsp3) is 0.234. The predicted octanol–water partition coefficient (Wildman–Crippen LogP) is 20.3. The van der Waals surface area contributed by atoms with E-state index in [0.29, 0.717) is 131 Å². The van der Waals surface area contributed by atoms with Crippen LogP contribution in [0.3, 0.4) is 0 Å². The molecule has 2 aliphatic carbocycles. The van der Waals surface area contributed by atoms with E-state index in [1.165, 1.54) is 46.8 Å². The monoisotopic (exact) mass is 2180 g/mol. The van der Waals surface area contributed by atoms with Gasteiger partial charge in [-0.05, 0) is 244 Å². The zero-order valence-electron chi connectivity index (χ0n) is 80.3. The van der Waals surface area contributed by atoms with Crippen LogP contribution in [0.5, 0.6) is 0 Å². The molecule has 24 nitrogen and oxygen atoms in total. The molecule has 14 N–H and O–H groups in total. The molecule has 0 aliphatic heterocycles. The number of Topliss-reactive ketones (excluding diaryl/α,β-unsaturated/α-hetero) is 1. The Morgan fingerprint density at radius 2 is 0.993 bits per heavy atom. The molecule has 35 heteroatoms. The molecule has 3 unspecified atom stereocenters. The molecular formula is C107H116BrCl6MgN17NiO7Si2. The molecule has 11 aromatic carbocycles. The van der Waals surface area contributed by atoms with Crippen LogP contribution in [0.4, 0.5) is 28.4 Å². The number of nitriles is 1. The normalized spacial score (nSPS) is 12.0. The van der Waals surface area contributed by atoms with Gasteiger partial charge in [-0.3, -0.25) is 14.4 Å². The van der Waals surface area contributed by atoms with Crippen molar-refractivity contribution in [3.63, 3.8) is 0 Å². The molecule has 2 fully saturated rings. The number of nitrogens with one attached hydrogen (secondary N) is 3. The molecule has 142 heavy (non-hydrogen) atoms. The average Bonchev–Trinajstić information content (AvgIpc) is 1.47. The number of nitrogens with zero attached hydrogens (tertiary/aromatic N) is 10. The fourth-order valence-electron chi connectivity index (χ4n) is 14.5. The minimum Gasteiger partial charge on any atom is 2.00 e. The SMILES string of the molecule is C[Si](C)(C)N(c1c[c-]ccc1)[Si](C)(C)C.Cc1cc(C(=O)O)n(-c2cccc(C#N)c2)n1.NCC1CC1.NCCNCCN.Nc1cccc(C(O)c2ccc(Cl)cc2)c1.O=Cc1ccc(Cl)cc1.[Br-].[C-]#[N+]c1cccc(-n2nc(C)cc2C(=O)Cc2cccc(C(NCC3CC3)c3ccc(Cl)cc3)c2)c1.[C-]#[N+]c1cccc(-n2nc(C)cc2C(=O)Nc2cccc(C(O)c3ccc(Cl)cc3)c2)c1.[Cl][Ni][Cl].[Mg+2]. The Balaban J connectivity index is 0.000000264. The third-order valence-electron chi connectivity index (χ3n) is 21.0. The number of nitrogens with two attached hydrogens (primary N) is 4. The molecule has 0 radical (unpaired) electrons. The van der Waals surface area contributed by atoms with E-state index in [2.05, 4.69) is 133 Å². The second-order valence-corrected chi connectivity index (χ2v) is 47.9. The Hall–Kier alpha value is -11.0. The van der Waals surface area contributed by atoms with Crippen molar-refractivity contribution in [1.82, 2.24) is 40.0 Å². The molecule has 16 rings (SSSR count). The number of carbonyl (C=O) groups is 4. The number of amides is 1. The maximum absolute atomic E-state index is 13.4. The maximum atomic E-state index is 13.4. The summed E-state index contributed by atoms with van der Waals surface area (Å²) >= 11 is 24.0. The van der Waals surface area contributed by atoms with E-state index in [-0.39, 0.29) is 69.9 Å². The van der Waals surface area contributed by atoms with Crippen molar-refractivity contribution in [1.29, 1.82) is 5.26 Å². The van der Waals surface area contributed by atoms with Gasteiger partial charge in [-0.2, -0.15) is 50.9 Å². The van der Waals surface area contributed by atoms with Crippen LogP contribution in [0.1, 0.15) is 147 Å². The van der Waals surface area contributed by atoms with E-state index in [1.54, 1.807) is 194 Å². The third kappa shape index (κ3) is 40.0. The maximum Gasteiger partial charge on any atom is 2.00 e. The number of aromatic nitrogens is 6. The second kappa shape index (κ2) is 61.2. The first-order valence-corrected chi connectivity index (χ1v) is 55.9. The predicted molar refractivity (Wildman–Crippen MR) is 575 cm³/mol. The van der Waals surface area contributed by atoms with Gasteiger partial charge in [-0.1, -0.05) is 219 Å². The van der Waals surface area contributed by atoms with Gasteiger partial charge in [-0.25, -0.2) is 28.5 Å². The average molecular weight is 2180 g/mol. The van der Waals surface area contributed by atoms with E-state index in [9.17, 15) is 29.4 Å². The van der Waals surface area contributed by atoms with Gasteiger partial charge in [0, 0.05) is 69.6 Å². The number of carbonyl (C=O) groups excluding carboxylic acids is 3. The Bertz CT molecular complexity index is 6440. The van der Waals surface area contributed by atoms with E-state index < -0.39 is 34.6 Å². The van der Waals surface area contributed by atoms with Crippen molar-refractivity contribution >= 4 is 159 Å². The Labute approximate surface area is 895 Å². The van der Waals surface area contributed by atoms with E-state index in [4.69, 9.17) is 113 Å². The molecule has 2 aliphatic rings. The number of anilines is 3. The first kappa shape index (κ1) is 120. The van der Waals surface area contributed by atoms with E-state index in [0.717, 1.165) is 77.8 Å². The van der Waals surface area contributed by atoms with Gasteiger partial charge in [0.1, 0.15) is 46.4 Å². The number of aldehydes is 1. The summed E-state index contributed by atoms with van der Waals surface area (Å²) in [5, 5.41) is 64.0. The summed E-state index contributed by atoms with van der Waals surface area (Å²) in [5.74, 6) is 0.240. The number of nitrogen functional groups attached to an aromatic ring is 1. The number of benzene rings is 11. The van der Waals surface area contributed by atoms with Gasteiger partial charge in [0.2, 0.25) is 0 Å². The number of aliphatic hydroxyl groups excluding tert-OH is 2. The molecule has 3 atom stereocenters. The standard InChI is InChI=1S/C30H27ClN4O.C25H19ClN4O2.C13H12ClNO.C12H9N3O2.C12H22NSi2.C7H5ClO.C4H13N3.C4H9N.BrH.2ClH.Mg.Ni/c1-20-15-28(35(34-20)27-8-4-7-26(18-27)32-2)29(36)17-22-5-3-6-24(16-22)30(33-19-21-9-10-21)23-11-13-25(31)14-12-23;1-16-13-23(30(29-16)22-8-4-6-20(15-22)27-2)25(32)28-21-7-3-5-18(14-21)24(31)17-9-11-19(26)12-10-17;14-11-6-4-9(5-7-11)13(16)10-2-1-3-12(15)8-10;1-8-5-11(12(16)17)15(14-8)10-4-2-3-9(6-10)7-13;1-14(2,3)13(15(4,5)6)12-10-8-7-9-11-12;8-7-3-1-6(5-9)2-4-7;5-1-3-7-4-2-6;5-3-4-1-2-4;;;;;/h3-8,11-16,18,21,30,33H,9-10,17,19H2,1H3;3-15,24,31H,1H3,(H,28,32);1-8,13,16H,15H2;2-6H,1H3,(H,16,17);7-8,10-11H,1-6H3;1-5H;7H,1-6H2;4H,1-3,5H2;3*1H;;/q;;;;-1;;;;;;;2*+2/p-3. The Morgan fingerprint density at radius 1 is 0.556 bits per heavy atom. The van der Waals surface area contributed by atoms with Crippen LogP contribution >= 0.6 is 66.8 Å². The molecular weight excluding hydrogens is 2070 g/mol. The number of hydrogen-bond donors (Lipinski definition) is 10. The number of halogens is 7. The Kier molecular flexibility index (Phi) is 51.6. The quantitative estimate of drug-likeness (QED) is 0.00571. The minimum atomic E-state index is -1.29. The Morgan fingerprint density at radius 3 is 1.44 bits per heavy atom. The van der Waals surface area contributed by atoms with Crippen molar-refractivity contribution in [3.05, 3.63) is 418 Å². The second-order valence-electron chi connectivity index (χ2n) is 34.5. The third-order valence-corrected chi connectivity index (χ3v) is 29.3. The molecule has 3 heterocycles. The summed E-state index contributed by atoms with van der Waals surface area (Å²) < 4.78 is 7.19. The van der Waals surface area contributed by atoms with Crippen molar-refractivity contribution in [2.45, 2.75) is 110 Å². The number of aliphatic hydroxyl groups is 2. The van der Waals surface area contributed by atoms with Gasteiger partial charge in [0.25, 0.3) is 5.91 Å². The molecule has 3 aromatic heterocycles. The summed E-state index contributed by atoms with van der Waals surface area (Å²) in [6.07, 6.45) is 4.86. The van der Waals surface area contributed by atoms with Crippen LogP contribution in [-0.4, -0.2) is 147 Å². The largest absolute Gasteiger partial charge is 2.00 e. The van der Waals surface area contributed by atoms with Gasteiger partial charge in [-0.15, -0.1) is 0 Å². The number of aromatic carboxylic acids is 1.